The van der Waals surface area contributed by atoms with Gasteiger partial charge in [0, 0.05) is 4.47 Å². The largest absolute Gasteiger partial charge is 0.494 e. The quantitative estimate of drug-likeness (QED) is 0.865. The van der Waals surface area contributed by atoms with Crippen LogP contribution in [0.1, 0.15) is 17.9 Å². The van der Waals surface area contributed by atoms with Gasteiger partial charge in [-0.25, -0.2) is 0 Å². The van der Waals surface area contributed by atoms with Crippen molar-refractivity contribution in [2.75, 3.05) is 6.61 Å². The van der Waals surface area contributed by atoms with E-state index in [0.29, 0.717) is 13.0 Å². The molecule has 2 rings (SSSR count). The molecular weight excluding hydrogens is 320 g/mol. The first kappa shape index (κ1) is 14.6. The predicted molar refractivity (Wildman–Crippen MR) is 81.1 cm³/mol. The van der Waals surface area contributed by atoms with Crippen molar-refractivity contribution in [3.8, 4) is 5.75 Å². The van der Waals surface area contributed by atoms with Crippen LogP contribution in [0.15, 0.2) is 59.1 Å². The van der Waals surface area contributed by atoms with Gasteiger partial charge in [-0.3, -0.25) is 4.79 Å². The molecule has 0 fully saturated rings. The number of para-hydroxylation sites is 1. The molecule has 0 spiro atoms. The normalized spacial score (nSPS) is 11.8. The number of hydrogen-bond acceptors (Lipinski definition) is 2. The molecule has 1 N–H and O–H groups in total. The molecule has 3 nitrogen and oxygen atoms in total. The fourth-order valence-corrected chi connectivity index (χ4v) is 2.38. The van der Waals surface area contributed by atoms with Crippen molar-refractivity contribution in [1.82, 2.24) is 0 Å². The van der Waals surface area contributed by atoms with Gasteiger partial charge in [0.05, 0.1) is 12.5 Å². The molecule has 0 saturated carbocycles. The molecule has 0 aliphatic heterocycles. The van der Waals surface area contributed by atoms with Crippen molar-refractivity contribution in [2.24, 2.45) is 0 Å². The average molecular weight is 335 g/mol. The molecule has 1 unspecified atom stereocenters. The third-order valence-electron chi connectivity index (χ3n) is 2.97. The summed E-state index contributed by atoms with van der Waals surface area (Å²) in [5, 5.41) is 9.34. The van der Waals surface area contributed by atoms with Crippen molar-refractivity contribution in [1.29, 1.82) is 0 Å². The van der Waals surface area contributed by atoms with E-state index in [4.69, 9.17) is 4.74 Å². The lowest BCUT2D eigenvalue weighted by Gasteiger charge is -2.14. The van der Waals surface area contributed by atoms with Gasteiger partial charge in [-0.05, 0) is 36.2 Å². The van der Waals surface area contributed by atoms with Gasteiger partial charge >= 0.3 is 5.97 Å². The highest BCUT2D eigenvalue weighted by molar-refractivity contribution is 9.10. The maximum atomic E-state index is 11.4. The van der Waals surface area contributed by atoms with E-state index in [2.05, 4.69) is 15.9 Å². The van der Waals surface area contributed by atoms with E-state index >= 15 is 0 Å². The van der Waals surface area contributed by atoms with E-state index in [9.17, 15) is 9.90 Å². The van der Waals surface area contributed by atoms with E-state index in [-0.39, 0.29) is 0 Å². The maximum absolute atomic E-state index is 11.4. The van der Waals surface area contributed by atoms with Gasteiger partial charge in [-0.15, -0.1) is 0 Å². The molecule has 20 heavy (non-hydrogen) atoms. The van der Waals surface area contributed by atoms with Gasteiger partial charge in [0.1, 0.15) is 5.75 Å². The smallest absolute Gasteiger partial charge is 0.311 e. The van der Waals surface area contributed by atoms with Gasteiger partial charge in [0.2, 0.25) is 0 Å². The SMILES string of the molecule is O=C(O)C(CCOc1ccccc1)c1cccc(Br)c1. The number of hydrogen-bond donors (Lipinski definition) is 1. The zero-order chi connectivity index (χ0) is 14.4. The zero-order valence-electron chi connectivity index (χ0n) is 10.8. The van der Waals surface area contributed by atoms with Crippen LogP contribution < -0.4 is 4.74 Å². The Kier molecular flexibility index (Phi) is 5.18. The monoisotopic (exact) mass is 334 g/mol. The van der Waals surface area contributed by atoms with Crippen molar-refractivity contribution in [3.63, 3.8) is 0 Å². The topological polar surface area (TPSA) is 46.5 Å². The Morgan fingerprint density at radius 1 is 1.15 bits per heavy atom. The fraction of sp³-hybridized carbons (Fsp3) is 0.188. The number of halogens is 1. The summed E-state index contributed by atoms with van der Waals surface area (Å²) in [4.78, 5) is 11.4. The molecule has 0 aromatic heterocycles. The Bertz CT molecular complexity index is 569. The number of aliphatic carboxylic acids is 1. The second kappa shape index (κ2) is 7.10. The molecule has 4 heteroatoms. The van der Waals surface area contributed by atoms with E-state index < -0.39 is 11.9 Å². The summed E-state index contributed by atoms with van der Waals surface area (Å²) in [6, 6.07) is 16.8. The van der Waals surface area contributed by atoms with Crippen LogP contribution >= 0.6 is 15.9 Å². The van der Waals surface area contributed by atoms with Crippen LogP contribution in [0.2, 0.25) is 0 Å². The summed E-state index contributed by atoms with van der Waals surface area (Å²) >= 11 is 3.36. The van der Waals surface area contributed by atoms with Crippen molar-refractivity contribution >= 4 is 21.9 Å². The molecule has 0 bridgehead atoms. The van der Waals surface area contributed by atoms with Gasteiger partial charge in [-0.1, -0.05) is 46.3 Å². The molecule has 0 heterocycles. The second-order valence-corrected chi connectivity index (χ2v) is 5.31. The Labute approximate surface area is 126 Å². The third kappa shape index (κ3) is 4.10. The molecule has 0 saturated heterocycles. The van der Waals surface area contributed by atoms with Crippen molar-refractivity contribution in [3.05, 3.63) is 64.6 Å². The number of benzene rings is 2. The van der Waals surface area contributed by atoms with Crippen molar-refractivity contribution < 1.29 is 14.6 Å². The molecular formula is C16H15BrO3. The lowest BCUT2D eigenvalue weighted by Crippen LogP contribution is -2.15. The number of ether oxygens (including phenoxy) is 1. The van der Waals surface area contributed by atoms with Crippen molar-refractivity contribution in [2.45, 2.75) is 12.3 Å². The molecule has 0 aliphatic carbocycles. The minimum Gasteiger partial charge on any atom is -0.494 e. The first-order valence-corrected chi connectivity index (χ1v) is 7.12. The van der Waals surface area contributed by atoms with Crippen LogP contribution in [0.25, 0.3) is 0 Å². The summed E-state index contributed by atoms with van der Waals surface area (Å²) in [6.07, 6.45) is 0.431. The number of carboxylic acid groups (broad SMARTS) is 1. The molecule has 0 aliphatic rings. The maximum Gasteiger partial charge on any atom is 0.311 e. The Morgan fingerprint density at radius 3 is 2.55 bits per heavy atom. The summed E-state index contributed by atoms with van der Waals surface area (Å²) in [7, 11) is 0. The van der Waals surface area contributed by atoms with Crippen LogP contribution in [-0.2, 0) is 4.79 Å². The van der Waals surface area contributed by atoms with Crippen LogP contribution in [0.3, 0.4) is 0 Å². The van der Waals surface area contributed by atoms with E-state index in [1.807, 2.05) is 54.6 Å². The second-order valence-electron chi connectivity index (χ2n) is 4.40. The number of carbonyl (C=O) groups is 1. The van der Waals surface area contributed by atoms with E-state index in [1.165, 1.54) is 0 Å². The van der Waals surface area contributed by atoms with Gasteiger partial charge in [0.25, 0.3) is 0 Å². The van der Waals surface area contributed by atoms with Gasteiger partial charge < -0.3 is 9.84 Å². The summed E-state index contributed by atoms with van der Waals surface area (Å²) in [5.41, 5.74) is 0.781. The van der Waals surface area contributed by atoms with Crippen LogP contribution in [-0.4, -0.2) is 17.7 Å². The van der Waals surface area contributed by atoms with Crippen LogP contribution in [0.4, 0.5) is 0 Å². The highest BCUT2D eigenvalue weighted by Crippen LogP contribution is 2.23. The highest BCUT2D eigenvalue weighted by atomic mass is 79.9. The first-order chi connectivity index (χ1) is 9.66. The van der Waals surface area contributed by atoms with Gasteiger partial charge in [-0.2, -0.15) is 0 Å². The lowest BCUT2D eigenvalue weighted by atomic mass is 9.96. The Morgan fingerprint density at radius 2 is 1.90 bits per heavy atom. The molecule has 0 amide bonds. The molecule has 2 aromatic carbocycles. The summed E-state index contributed by atoms with van der Waals surface area (Å²) in [5.74, 6) is -0.637. The lowest BCUT2D eigenvalue weighted by molar-refractivity contribution is -0.139. The Balaban J connectivity index is 1.98. The standard InChI is InChI=1S/C16H15BrO3/c17-13-6-4-5-12(11-13)15(16(18)19)9-10-20-14-7-2-1-3-8-14/h1-8,11,15H,9-10H2,(H,18,19). The molecule has 1 atom stereocenters. The summed E-state index contributed by atoms with van der Waals surface area (Å²) < 4.78 is 6.44. The molecule has 0 radical (unpaired) electrons. The number of carboxylic acids is 1. The minimum absolute atomic E-state index is 0.369. The average Bonchev–Trinajstić information content (AvgIpc) is 2.44. The Hall–Kier alpha value is -1.81. The first-order valence-electron chi connectivity index (χ1n) is 6.33. The van der Waals surface area contributed by atoms with Gasteiger partial charge in [0.15, 0.2) is 0 Å². The number of rotatable bonds is 6. The zero-order valence-corrected chi connectivity index (χ0v) is 12.4. The minimum atomic E-state index is -0.834. The molecule has 2 aromatic rings. The van der Waals surface area contributed by atoms with E-state index in [1.54, 1.807) is 0 Å². The summed E-state index contributed by atoms with van der Waals surface area (Å²) in [6.45, 7) is 0.369. The van der Waals surface area contributed by atoms with Crippen LogP contribution in [0.5, 0.6) is 5.75 Å². The van der Waals surface area contributed by atoms with Crippen LogP contribution in [0, 0.1) is 0 Å². The third-order valence-corrected chi connectivity index (χ3v) is 3.46. The fourth-order valence-electron chi connectivity index (χ4n) is 1.97. The predicted octanol–water partition coefficient (Wildman–Crippen LogP) is 4.09. The van der Waals surface area contributed by atoms with E-state index in [0.717, 1.165) is 15.8 Å². The highest BCUT2D eigenvalue weighted by Gasteiger charge is 2.19. The molecule has 104 valence electrons.